The van der Waals surface area contributed by atoms with Crippen molar-refractivity contribution in [1.82, 2.24) is 4.90 Å². The molecule has 1 aromatic carbocycles. The molecule has 0 aromatic heterocycles. The Morgan fingerprint density at radius 2 is 2.13 bits per heavy atom. The summed E-state index contributed by atoms with van der Waals surface area (Å²) in [5.41, 5.74) is 0.496. The van der Waals surface area contributed by atoms with Crippen molar-refractivity contribution < 1.29 is 37.7 Å². The number of hydrogen-bond donors (Lipinski definition) is 2. The Hall–Kier alpha value is -2.20. The molecule has 0 unspecified atom stereocenters. The van der Waals surface area contributed by atoms with Crippen LogP contribution >= 0.6 is 11.8 Å². The van der Waals surface area contributed by atoms with Gasteiger partial charge in [0, 0.05) is 31.6 Å². The maximum Gasteiger partial charge on any atom is 0.573 e. The fourth-order valence-electron chi connectivity index (χ4n) is 3.27. The summed E-state index contributed by atoms with van der Waals surface area (Å²) in [7, 11) is 0. The van der Waals surface area contributed by atoms with Gasteiger partial charge in [0.15, 0.2) is 0 Å². The number of thioether (sulfide) groups is 1. The molecule has 0 radical (unpaired) electrons. The third-order valence-electron chi connectivity index (χ3n) is 4.66. The van der Waals surface area contributed by atoms with Gasteiger partial charge in [-0.3, -0.25) is 9.59 Å². The molecule has 0 bridgehead atoms. The molecule has 1 aliphatic heterocycles. The van der Waals surface area contributed by atoms with Crippen LogP contribution in [-0.2, 0) is 16.0 Å². The SMILES string of the molecule is O=C(O)CCCSCCN1C(=O)CC[C@@H]1C=C[C@@H](O)Cc1cccc(OC(F)(F)F)c1. The van der Waals surface area contributed by atoms with Crippen molar-refractivity contribution in [2.45, 2.75) is 50.6 Å². The number of ether oxygens (including phenoxy) is 1. The fourth-order valence-corrected chi connectivity index (χ4v) is 4.15. The number of aliphatic hydroxyl groups is 1. The second-order valence-corrected chi connectivity index (χ2v) is 8.38. The smallest absolute Gasteiger partial charge is 0.481 e. The van der Waals surface area contributed by atoms with E-state index in [4.69, 9.17) is 5.11 Å². The monoisotopic (exact) mass is 461 g/mol. The Morgan fingerprint density at radius 3 is 2.84 bits per heavy atom. The van der Waals surface area contributed by atoms with Gasteiger partial charge in [-0.1, -0.05) is 24.3 Å². The highest BCUT2D eigenvalue weighted by molar-refractivity contribution is 7.99. The normalized spacial score (nSPS) is 18.0. The first-order valence-corrected chi connectivity index (χ1v) is 11.1. The number of nitrogens with zero attached hydrogens (tertiary/aromatic N) is 1. The first-order valence-electron chi connectivity index (χ1n) is 9.94. The number of benzene rings is 1. The lowest BCUT2D eigenvalue weighted by Gasteiger charge is -2.22. The molecule has 2 rings (SSSR count). The Morgan fingerprint density at radius 1 is 1.35 bits per heavy atom. The van der Waals surface area contributed by atoms with Crippen LogP contribution in [0.1, 0.15) is 31.2 Å². The molecule has 1 amide bonds. The van der Waals surface area contributed by atoms with Crippen LogP contribution in [0.4, 0.5) is 13.2 Å². The average Bonchev–Trinajstić information content (AvgIpc) is 3.01. The number of alkyl halides is 3. The lowest BCUT2D eigenvalue weighted by atomic mass is 10.1. The summed E-state index contributed by atoms with van der Waals surface area (Å²) in [5.74, 6) is 0.287. The fraction of sp³-hybridized carbons (Fsp3) is 0.524. The number of carbonyl (C=O) groups is 2. The van der Waals surface area contributed by atoms with Crippen LogP contribution in [-0.4, -0.2) is 63.5 Å². The third kappa shape index (κ3) is 9.65. The summed E-state index contributed by atoms with van der Waals surface area (Å²) in [6.45, 7) is 0.540. The quantitative estimate of drug-likeness (QED) is 0.365. The van der Waals surface area contributed by atoms with Crippen molar-refractivity contribution >= 4 is 23.6 Å². The predicted octanol–water partition coefficient (Wildman–Crippen LogP) is 3.63. The Balaban J connectivity index is 1.82. The first-order chi connectivity index (χ1) is 14.6. The Bertz CT molecular complexity index is 772. The van der Waals surface area contributed by atoms with E-state index in [2.05, 4.69) is 4.74 Å². The average molecular weight is 462 g/mol. The molecular weight excluding hydrogens is 435 g/mol. The zero-order chi connectivity index (χ0) is 22.9. The van der Waals surface area contributed by atoms with Crippen LogP contribution in [0.2, 0.25) is 0 Å². The van der Waals surface area contributed by atoms with Crippen molar-refractivity contribution in [3.63, 3.8) is 0 Å². The molecule has 31 heavy (non-hydrogen) atoms. The molecule has 172 valence electrons. The summed E-state index contributed by atoms with van der Waals surface area (Å²) in [5, 5.41) is 18.9. The van der Waals surface area contributed by atoms with Crippen molar-refractivity contribution in [2.24, 2.45) is 0 Å². The van der Waals surface area contributed by atoms with Gasteiger partial charge in [0.25, 0.3) is 0 Å². The number of likely N-dealkylation sites (tertiary alicyclic amines) is 1. The largest absolute Gasteiger partial charge is 0.573 e. The second kappa shape index (κ2) is 12.0. The van der Waals surface area contributed by atoms with Gasteiger partial charge in [0.1, 0.15) is 5.75 Å². The van der Waals surface area contributed by atoms with Crippen LogP contribution in [0, 0.1) is 0 Å². The van der Waals surface area contributed by atoms with E-state index < -0.39 is 18.4 Å². The van der Waals surface area contributed by atoms with E-state index in [0.717, 1.165) is 0 Å². The molecule has 0 aliphatic carbocycles. The highest BCUT2D eigenvalue weighted by Crippen LogP contribution is 2.24. The Labute approximate surface area is 183 Å². The molecule has 10 heteroatoms. The summed E-state index contributed by atoms with van der Waals surface area (Å²) in [4.78, 5) is 24.4. The highest BCUT2D eigenvalue weighted by atomic mass is 32.2. The second-order valence-electron chi connectivity index (χ2n) is 7.15. The Kier molecular flexibility index (Phi) is 9.70. The number of hydrogen-bond acceptors (Lipinski definition) is 5. The summed E-state index contributed by atoms with van der Waals surface area (Å²) < 4.78 is 40.9. The van der Waals surface area contributed by atoms with Crippen LogP contribution in [0.15, 0.2) is 36.4 Å². The zero-order valence-corrected chi connectivity index (χ0v) is 17.7. The van der Waals surface area contributed by atoms with E-state index in [-0.39, 0.29) is 30.5 Å². The number of carboxylic acids is 1. The maximum absolute atomic E-state index is 12.3. The van der Waals surface area contributed by atoms with Gasteiger partial charge in [0.05, 0.1) is 12.1 Å². The summed E-state index contributed by atoms with van der Waals surface area (Å²) >= 11 is 1.59. The van der Waals surface area contributed by atoms with Crippen molar-refractivity contribution in [3.8, 4) is 5.75 Å². The molecule has 2 N–H and O–H groups in total. The van der Waals surface area contributed by atoms with Gasteiger partial charge in [-0.05, 0) is 36.3 Å². The van der Waals surface area contributed by atoms with Crippen LogP contribution < -0.4 is 4.74 Å². The van der Waals surface area contributed by atoms with Gasteiger partial charge in [-0.15, -0.1) is 13.2 Å². The summed E-state index contributed by atoms with van der Waals surface area (Å²) in [6, 6.07) is 5.33. The third-order valence-corrected chi connectivity index (χ3v) is 5.71. The number of carboxylic acid groups (broad SMARTS) is 1. The predicted molar refractivity (Wildman–Crippen MR) is 111 cm³/mol. The molecule has 1 saturated heterocycles. The molecule has 0 saturated carbocycles. The van der Waals surface area contributed by atoms with Crippen molar-refractivity contribution in [3.05, 3.63) is 42.0 Å². The van der Waals surface area contributed by atoms with E-state index in [1.54, 1.807) is 34.9 Å². The minimum absolute atomic E-state index is 0.0345. The number of rotatable bonds is 12. The van der Waals surface area contributed by atoms with Crippen LogP contribution in [0.3, 0.4) is 0 Å². The molecule has 2 atom stereocenters. The maximum atomic E-state index is 12.3. The number of carbonyl (C=O) groups excluding carboxylic acids is 1. The molecule has 1 heterocycles. The first kappa shape index (κ1) is 25.1. The molecule has 0 spiro atoms. The number of aliphatic carboxylic acids is 1. The number of aliphatic hydroxyl groups excluding tert-OH is 1. The zero-order valence-electron chi connectivity index (χ0n) is 16.9. The minimum Gasteiger partial charge on any atom is -0.481 e. The molecule has 6 nitrogen and oxygen atoms in total. The molecule has 1 fully saturated rings. The van der Waals surface area contributed by atoms with Crippen LogP contribution in [0.25, 0.3) is 0 Å². The van der Waals surface area contributed by atoms with E-state index in [1.807, 2.05) is 0 Å². The van der Waals surface area contributed by atoms with Crippen molar-refractivity contribution in [2.75, 3.05) is 18.1 Å². The van der Waals surface area contributed by atoms with Gasteiger partial charge in [-0.2, -0.15) is 11.8 Å². The summed E-state index contributed by atoms with van der Waals surface area (Å²) in [6.07, 6.45) is -0.469. The molecule has 1 aromatic rings. The lowest BCUT2D eigenvalue weighted by Crippen LogP contribution is -2.34. The van der Waals surface area contributed by atoms with Gasteiger partial charge in [-0.25, -0.2) is 0 Å². The molecule has 1 aliphatic rings. The van der Waals surface area contributed by atoms with Crippen LogP contribution in [0.5, 0.6) is 5.75 Å². The van der Waals surface area contributed by atoms with E-state index in [0.29, 0.717) is 42.9 Å². The van der Waals surface area contributed by atoms with Gasteiger partial charge in [0.2, 0.25) is 5.91 Å². The van der Waals surface area contributed by atoms with E-state index in [1.165, 1.54) is 18.2 Å². The van der Waals surface area contributed by atoms with Crippen molar-refractivity contribution in [1.29, 1.82) is 0 Å². The minimum atomic E-state index is -4.77. The number of amides is 1. The topological polar surface area (TPSA) is 87.1 Å². The van der Waals surface area contributed by atoms with E-state index in [9.17, 15) is 27.9 Å². The van der Waals surface area contributed by atoms with E-state index >= 15 is 0 Å². The van der Waals surface area contributed by atoms with Gasteiger partial charge >= 0.3 is 12.3 Å². The number of halogens is 3. The standard InChI is InChI=1S/C21H26F3NO5S/c22-21(23,24)30-18-4-1-3-15(14-18)13-17(26)8-6-16-7-9-19(27)25(16)10-12-31-11-2-5-20(28)29/h1,3-4,6,8,14,16-17,26H,2,5,7,9-13H2,(H,28,29)/t16-,17+/m0/s1. The lowest BCUT2D eigenvalue weighted by molar-refractivity contribution is -0.274. The van der Waals surface area contributed by atoms with Gasteiger partial charge < -0.3 is 19.8 Å². The highest BCUT2D eigenvalue weighted by Gasteiger charge is 2.31. The molecular formula is C21H26F3NO5S.